The van der Waals surface area contributed by atoms with Crippen LogP contribution in [0.2, 0.25) is 0 Å². The molecule has 0 atom stereocenters. The van der Waals surface area contributed by atoms with Crippen LogP contribution in [0.5, 0.6) is 5.75 Å². The molecule has 5 heteroatoms. The Hall–Kier alpha value is -1.33. The smallest absolute Gasteiger partial charge is 0.234 e. The maximum Gasteiger partial charge on any atom is 0.234 e. The summed E-state index contributed by atoms with van der Waals surface area (Å²) in [4.78, 5) is 11.6. The Balaban J connectivity index is 1.93. The van der Waals surface area contributed by atoms with Crippen LogP contribution in [0.1, 0.15) is 11.1 Å². The topological polar surface area (TPSA) is 50.4 Å². The summed E-state index contributed by atoms with van der Waals surface area (Å²) < 4.78 is 6.63. The lowest BCUT2D eigenvalue weighted by atomic mass is 10.1. The number of fused-ring (bicyclic) bond motifs is 1. The second-order valence-electron chi connectivity index (χ2n) is 4.35. The average molecular weight is 325 g/mol. The molecule has 1 aromatic carbocycles. The summed E-state index contributed by atoms with van der Waals surface area (Å²) in [5.74, 6) is 0.885. The summed E-state index contributed by atoms with van der Waals surface area (Å²) in [6, 6.07) is 4.06. The zero-order valence-corrected chi connectivity index (χ0v) is 12.3. The molecule has 0 unspecified atom stereocenters. The van der Waals surface area contributed by atoms with Gasteiger partial charge in [-0.2, -0.15) is 0 Å². The van der Waals surface area contributed by atoms with Gasteiger partial charge in [0.2, 0.25) is 5.91 Å². The lowest BCUT2D eigenvalue weighted by molar-refractivity contribution is -0.120. The van der Waals surface area contributed by atoms with E-state index in [-0.39, 0.29) is 5.91 Å². The summed E-state index contributed by atoms with van der Waals surface area (Å²) in [6.45, 7) is 5.71. The molecule has 1 aliphatic rings. The van der Waals surface area contributed by atoms with E-state index in [0.29, 0.717) is 26.2 Å². The van der Waals surface area contributed by atoms with Gasteiger partial charge < -0.3 is 15.4 Å². The monoisotopic (exact) mass is 324 g/mol. The molecule has 0 aromatic heterocycles. The maximum atomic E-state index is 11.6. The molecule has 0 bridgehead atoms. The number of ether oxygens (including phenoxy) is 1. The highest BCUT2D eigenvalue weighted by Gasteiger charge is 2.17. The van der Waals surface area contributed by atoms with E-state index in [1.165, 1.54) is 5.56 Å². The maximum absolute atomic E-state index is 11.6. The van der Waals surface area contributed by atoms with E-state index in [4.69, 9.17) is 4.74 Å². The Labute approximate surface area is 121 Å². The number of benzene rings is 1. The van der Waals surface area contributed by atoms with E-state index in [2.05, 4.69) is 39.2 Å². The van der Waals surface area contributed by atoms with Crippen LogP contribution in [0, 0.1) is 0 Å². The standard InChI is InChI=1S/C14H17BrN2O2/c1-2-4-16-9-13(18)17-8-11-7-12(15)6-10-3-5-19-14(10)11/h2,6-7,16H,1,3-5,8-9H2,(H,17,18). The SMILES string of the molecule is C=CCNCC(=O)NCc1cc(Br)cc2c1OCC2. The minimum atomic E-state index is -0.0337. The summed E-state index contributed by atoms with van der Waals surface area (Å²) in [5.41, 5.74) is 2.21. The fraction of sp³-hybridized carbons (Fsp3) is 0.357. The van der Waals surface area contributed by atoms with Gasteiger partial charge in [0.25, 0.3) is 0 Å². The number of hydrogen-bond acceptors (Lipinski definition) is 3. The van der Waals surface area contributed by atoms with Gasteiger partial charge in [0.05, 0.1) is 13.2 Å². The van der Waals surface area contributed by atoms with Crippen molar-refractivity contribution < 1.29 is 9.53 Å². The van der Waals surface area contributed by atoms with Crippen LogP contribution < -0.4 is 15.4 Å². The summed E-state index contributed by atoms with van der Waals surface area (Å²) in [6.07, 6.45) is 2.65. The van der Waals surface area contributed by atoms with E-state index in [9.17, 15) is 4.79 Å². The lowest BCUT2D eigenvalue weighted by Gasteiger charge is -2.10. The van der Waals surface area contributed by atoms with Crippen LogP contribution in [-0.4, -0.2) is 25.6 Å². The number of carbonyl (C=O) groups is 1. The van der Waals surface area contributed by atoms with Crippen molar-refractivity contribution in [2.45, 2.75) is 13.0 Å². The van der Waals surface area contributed by atoms with Crippen molar-refractivity contribution in [1.29, 1.82) is 0 Å². The van der Waals surface area contributed by atoms with Gasteiger partial charge in [0.1, 0.15) is 5.75 Å². The molecule has 1 aromatic rings. The highest BCUT2D eigenvalue weighted by Crippen LogP contribution is 2.32. The summed E-state index contributed by atoms with van der Waals surface area (Å²) in [7, 11) is 0. The molecule has 0 saturated carbocycles. The van der Waals surface area contributed by atoms with Crippen molar-refractivity contribution in [1.82, 2.24) is 10.6 Å². The Morgan fingerprint density at radius 1 is 1.53 bits per heavy atom. The minimum Gasteiger partial charge on any atom is -0.493 e. The molecule has 0 saturated heterocycles. The summed E-state index contributed by atoms with van der Waals surface area (Å²) >= 11 is 3.48. The number of rotatable bonds is 6. The van der Waals surface area contributed by atoms with Gasteiger partial charge in [-0.15, -0.1) is 6.58 Å². The molecule has 0 spiro atoms. The zero-order chi connectivity index (χ0) is 13.7. The molecular weight excluding hydrogens is 308 g/mol. The van der Waals surface area contributed by atoms with Crippen LogP contribution >= 0.6 is 15.9 Å². The number of carbonyl (C=O) groups excluding carboxylic acids is 1. The lowest BCUT2D eigenvalue weighted by Crippen LogP contribution is -2.33. The molecule has 1 aliphatic heterocycles. The van der Waals surface area contributed by atoms with Gasteiger partial charge in [-0.1, -0.05) is 22.0 Å². The molecule has 0 fully saturated rings. The van der Waals surface area contributed by atoms with Crippen LogP contribution in [-0.2, 0) is 17.8 Å². The first kappa shape index (κ1) is 14.1. The Kier molecular flexibility index (Phi) is 4.99. The predicted octanol–water partition coefficient (Wildman–Crippen LogP) is 1.78. The van der Waals surface area contributed by atoms with Crippen molar-refractivity contribution in [3.05, 3.63) is 40.4 Å². The highest BCUT2D eigenvalue weighted by atomic mass is 79.9. The highest BCUT2D eigenvalue weighted by molar-refractivity contribution is 9.10. The van der Waals surface area contributed by atoms with Crippen LogP contribution in [0.3, 0.4) is 0 Å². The third-order valence-corrected chi connectivity index (χ3v) is 3.33. The summed E-state index contributed by atoms with van der Waals surface area (Å²) in [5, 5.41) is 5.84. The van der Waals surface area contributed by atoms with Crippen molar-refractivity contribution >= 4 is 21.8 Å². The molecule has 0 aliphatic carbocycles. The quantitative estimate of drug-likeness (QED) is 0.619. The number of amides is 1. The van der Waals surface area contributed by atoms with Gasteiger partial charge >= 0.3 is 0 Å². The van der Waals surface area contributed by atoms with E-state index in [1.807, 2.05) is 6.07 Å². The molecular formula is C14H17BrN2O2. The van der Waals surface area contributed by atoms with E-state index >= 15 is 0 Å². The van der Waals surface area contributed by atoms with Crippen LogP contribution in [0.15, 0.2) is 29.3 Å². The molecule has 0 radical (unpaired) electrons. The Bertz CT molecular complexity index is 489. The van der Waals surface area contributed by atoms with Crippen molar-refractivity contribution in [3.8, 4) is 5.75 Å². The third-order valence-electron chi connectivity index (χ3n) is 2.88. The van der Waals surface area contributed by atoms with Crippen LogP contribution in [0.4, 0.5) is 0 Å². The van der Waals surface area contributed by atoms with E-state index < -0.39 is 0 Å². The van der Waals surface area contributed by atoms with Gasteiger partial charge in [0, 0.05) is 29.5 Å². The van der Waals surface area contributed by atoms with Crippen molar-refractivity contribution in [2.75, 3.05) is 19.7 Å². The molecule has 2 rings (SSSR count). The normalized spacial score (nSPS) is 12.7. The van der Waals surface area contributed by atoms with Crippen LogP contribution in [0.25, 0.3) is 0 Å². The Morgan fingerprint density at radius 2 is 2.37 bits per heavy atom. The van der Waals surface area contributed by atoms with Gasteiger partial charge in [-0.25, -0.2) is 0 Å². The predicted molar refractivity (Wildman–Crippen MR) is 78.3 cm³/mol. The van der Waals surface area contributed by atoms with Gasteiger partial charge in [-0.05, 0) is 17.7 Å². The molecule has 102 valence electrons. The van der Waals surface area contributed by atoms with Crippen molar-refractivity contribution in [3.63, 3.8) is 0 Å². The molecule has 2 N–H and O–H groups in total. The first-order chi connectivity index (χ1) is 9.20. The number of hydrogen-bond donors (Lipinski definition) is 2. The number of halogens is 1. The second kappa shape index (κ2) is 6.73. The number of nitrogens with one attached hydrogen (secondary N) is 2. The minimum absolute atomic E-state index is 0.0337. The first-order valence-corrected chi connectivity index (χ1v) is 7.02. The second-order valence-corrected chi connectivity index (χ2v) is 5.26. The van der Waals surface area contributed by atoms with E-state index in [0.717, 1.165) is 22.2 Å². The molecule has 19 heavy (non-hydrogen) atoms. The zero-order valence-electron chi connectivity index (χ0n) is 10.7. The van der Waals surface area contributed by atoms with Crippen molar-refractivity contribution in [2.24, 2.45) is 0 Å². The molecule has 1 amide bonds. The molecule has 1 heterocycles. The first-order valence-electron chi connectivity index (χ1n) is 6.23. The fourth-order valence-corrected chi connectivity index (χ4v) is 2.57. The largest absolute Gasteiger partial charge is 0.493 e. The Morgan fingerprint density at radius 3 is 3.16 bits per heavy atom. The molecule has 4 nitrogen and oxygen atoms in total. The fourth-order valence-electron chi connectivity index (χ4n) is 2.02. The van der Waals surface area contributed by atoms with Gasteiger partial charge in [0.15, 0.2) is 0 Å². The average Bonchev–Trinajstić information content (AvgIpc) is 2.84. The van der Waals surface area contributed by atoms with E-state index in [1.54, 1.807) is 6.08 Å². The van der Waals surface area contributed by atoms with Gasteiger partial charge in [-0.3, -0.25) is 4.79 Å². The third kappa shape index (κ3) is 3.81.